The molecule has 0 aliphatic carbocycles. The standard InChI is InChI=1S/C8H5F4O/c9-7(8(10,11)12)13-6-4-2-1-3-5-6/h1-5H. The van der Waals surface area contributed by atoms with Crippen molar-refractivity contribution in [2.45, 2.75) is 6.18 Å². The Morgan fingerprint density at radius 3 is 2.08 bits per heavy atom. The molecule has 0 saturated carbocycles. The molecule has 0 atom stereocenters. The molecule has 0 fully saturated rings. The molecule has 71 valence electrons. The van der Waals surface area contributed by atoms with E-state index in [2.05, 4.69) is 4.74 Å². The molecule has 0 aliphatic rings. The zero-order chi connectivity index (χ0) is 9.90. The number of hydrogen-bond acceptors (Lipinski definition) is 1. The van der Waals surface area contributed by atoms with Crippen molar-refractivity contribution in [3.63, 3.8) is 0 Å². The highest BCUT2D eigenvalue weighted by atomic mass is 19.4. The van der Waals surface area contributed by atoms with Gasteiger partial charge in [0.2, 0.25) is 0 Å². The second-order valence-corrected chi connectivity index (χ2v) is 2.19. The summed E-state index contributed by atoms with van der Waals surface area (Å²) < 4.78 is 50.9. The molecule has 1 nitrogen and oxygen atoms in total. The van der Waals surface area contributed by atoms with E-state index >= 15 is 0 Å². The molecular weight excluding hydrogens is 188 g/mol. The zero-order valence-corrected chi connectivity index (χ0v) is 6.31. The van der Waals surface area contributed by atoms with Gasteiger partial charge in [0.05, 0.1) is 0 Å². The maximum atomic E-state index is 12.2. The fourth-order valence-electron chi connectivity index (χ4n) is 0.650. The van der Waals surface area contributed by atoms with Gasteiger partial charge in [0.1, 0.15) is 5.75 Å². The summed E-state index contributed by atoms with van der Waals surface area (Å²) >= 11 is 0. The third-order valence-corrected chi connectivity index (χ3v) is 1.17. The topological polar surface area (TPSA) is 9.23 Å². The number of alkyl halides is 3. The van der Waals surface area contributed by atoms with Crippen LogP contribution < -0.4 is 4.74 Å². The Bertz CT molecular complexity index is 257. The number of ether oxygens (including phenoxy) is 1. The van der Waals surface area contributed by atoms with Gasteiger partial charge in [-0.1, -0.05) is 18.2 Å². The second kappa shape index (κ2) is 3.64. The minimum Gasteiger partial charge on any atom is -0.445 e. The van der Waals surface area contributed by atoms with Crippen molar-refractivity contribution in [2.75, 3.05) is 0 Å². The summed E-state index contributed by atoms with van der Waals surface area (Å²) in [4.78, 5) is 0. The van der Waals surface area contributed by atoms with Crippen LogP contribution in [-0.2, 0) is 0 Å². The number of para-hydroxylation sites is 1. The number of benzene rings is 1. The molecule has 0 unspecified atom stereocenters. The van der Waals surface area contributed by atoms with Crippen LogP contribution >= 0.6 is 0 Å². The van der Waals surface area contributed by atoms with Crippen LogP contribution in [0.2, 0.25) is 0 Å². The van der Waals surface area contributed by atoms with Gasteiger partial charge >= 0.3 is 12.5 Å². The lowest BCUT2D eigenvalue weighted by Crippen LogP contribution is -2.21. The van der Waals surface area contributed by atoms with E-state index in [1.807, 2.05) is 0 Å². The van der Waals surface area contributed by atoms with Gasteiger partial charge in [-0.05, 0) is 12.1 Å². The van der Waals surface area contributed by atoms with Crippen LogP contribution in [0, 0.1) is 6.36 Å². The lowest BCUT2D eigenvalue weighted by molar-refractivity contribution is -0.178. The van der Waals surface area contributed by atoms with Crippen LogP contribution in [0.25, 0.3) is 0 Å². The zero-order valence-electron chi connectivity index (χ0n) is 6.31. The molecule has 0 amide bonds. The first kappa shape index (κ1) is 9.83. The average molecular weight is 193 g/mol. The van der Waals surface area contributed by atoms with Gasteiger partial charge in [0.15, 0.2) is 0 Å². The van der Waals surface area contributed by atoms with Gasteiger partial charge in [0.25, 0.3) is 0 Å². The van der Waals surface area contributed by atoms with Gasteiger partial charge in [-0.25, -0.2) is 0 Å². The lowest BCUT2D eigenvalue weighted by Gasteiger charge is -2.11. The Morgan fingerprint density at radius 1 is 1.08 bits per heavy atom. The third kappa shape index (κ3) is 2.93. The van der Waals surface area contributed by atoms with E-state index in [0.29, 0.717) is 0 Å². The molecule has 0 saturated heterocycles. The van der Waals surface area contributed by atoms with Crippen molar-refractivity contribution < 1.29 is 22.3 Å². The fourth-order valence-corrected chi connectivity index (χ4v) is 0.650. The summed E-state index contributed by atoms with van der Waals surface area (Å²) in [5.41, 5.74) is 0. The molecule has 1 radical (unpaired) electrons. The summed E-state index contributed by atoms with van der Waals surface area (Å²) in [7, 11) is 0. The molecule has 0 heterocycles. The van der Waals surface area contributed by atoms with Crippen molar-refractivity contribution in [2.24, 2.45) is 0 Å². The Balaban J connectivity index is 2.61. The molecule has 13 heavy (non-hydrogen) atoms. The quantitative estimate of drug-likeness (QED) is 0.656. The highest BCUT2D eigenvalue weighted by Crippen LogP contribution is 2.31. The van der Waals surface area contributed by atoms with Crippen molar-refractivity contribution in [1.82, 2.24) is 0 Å². The van der Waals surface area contributed by atoms with E-state index in [1.165, 1.54) is 24.3 Å². The van der Waals surface area contributed by atoms with E-state index in [0.717, 1.165) is 0 Å². The molecule has 0 spiro atoms. The van der Waals surface area contributed by atoms with E-state index in [-0.39, 0.29) is 5.75 Å². The maximum Gasteiger partial charge on any atom is 0.468 e. The minimum absolute atomic E-state index is 0.183. The van der Waals surface area contributed by atoms with Crippen LogP contribution in [0.4, 0.5) is 17.6 Å². The monoisotopic (exact) mass is 193 g/mol. The minimum atomic E-state index is -5.06. The third-order valence-electron chi connectivity index (χ3n) is 1.17. The summed E-state index contributed by atoms with van der Waals surface area (Å²) in [6.07, 6.45) is -7.52. The molecule has 5 heteroatoms. The van der Waals surface area contributed by atoms with Crippen LogP contribution in [0.15, 0.2) is 30.3 Å². The van der Waals surface area contributed by atoms with E-state index < -0.39 is 12.5 Å². The number of rotatable bonds is 2. The molecule has 1 rings (SSSR count). The summed E-state index contributed by atoms with van der Waals surface area (Å²) in [5.74, 6) is -0.183. The normalized spacial score (nSPS) is 11.8. The Hall–Kier alpha value is -1.26. The van der Waals surface area contributed by atoms with Crippen LogP contribution in [0.5, 0.6) is 5.75 Å². The predicted molar refractivity (Wildman–Crippen MR) is 37.5 cm³/mol. The summed E-state index contributed by atoms with van der Waals surface area (Å²) in [6.45, 7) is 0. The lowest BCUT2D eigenvalue weighted by atomic mass is 10.3. The molecule has 0 N–H and O–H groups in total. The maximum absolute atomic E-state index is 12.2. The van der Waals surface area contributed by atoms with E-state index in [4.69, 9.17) is 0 Å². The second-order valence-electron chi connectivity index (χ2n) is 2.19. The first-order valence-corrected chi connectivity index (χ1v) is 3.32. The Morgan fingerprint density at radius 2 is 1.62 bits per heavy atom. The van der Waals surface area contributed by atoms with Crippen molar-refractivity contribution in [1.29, 1.82) is 0 Å². The predicted octanol–water partition coefficient (Wildman–Crippen LogP) is 3.09. The van der Waals surface area contributed by atoms with Gasteiger partial charge < -0.3 is 4.74 Å². The van der Waals surface area contributed by atoms with Gasteiger partial charge in [0, 0.05) is 0 Å². The van der Waals surface area contributed by atoms with Crippen LogP contribution in [0.3, 0.4) is 0 Å². The van der Waals surface area contributed by atoms with Crippen molar-refractivity contribution >= 4 is 0 Å². The van der Waals surface area contributed by atoms with E-state index in [9.17, 15) is 17.6 Å². The molecule has 1 aromatic rings. The molecule has 1 aromatic carbocycles. The summed E-state index contributed by atoms with van der Waals surface area (Å²) in [6, 6.07) is 6.92. The van der Waals surface area contributed by atoms with Crippen LogP contribution in [0.1, 0.15) is 0 Å². The van der Waals surface area contributed by atoms with Gasteiger partial charge in [-0.2, -0.15) is 17.6 Å². The van der Waals surface area contributed by atoms with Crippen molar-refractivity contribution in [3.05, 3.63) is 36.7 Å². The SMILES string of the molecule is F[C](Oc1ccccc1)C(F)(F)F. The number of hydrogen-bond donors (Lipinski definition) is 0. The fraction of sp³-hybridized carbons (Fsp3) is 0.125. The highest BCUT2D eigenvalue weighted by molar-refractivity contribution is 5.22. The highest BCUT2D eigenvalue weighted by Gasteiger charge is 2.45. The summed E-state index contributed by atoms with van der Waals surface area (Å²) in [5, 5.41) is 0. The van der Waals surface area contributed by atoms with Gasteiger partial charge in [-0.15, -0.1) is 0 Å². The van der Waals surface area contributed by atoms with E-state index in [1.54, 1.807) is 6.07 Å². The van der Waals surface area contributed by atoms with Crippen molar-refractivity contribution in [3.8, 4) is 5.75 Å². The molecular formula is C8H5F4O. The smallest absolute Gasteiger partial charge is 0.445 e. The first-order chi connectivity index (χ1) is 6.00. The first-order valence-electron chi connectivity index (χ1n) is 3.32. The molecule has 0 aromatic heterocycles. The van der Waals surface area contributed by atoms with Crippen LogP contribution in [-0.4, -0.2) is 6.18 Å². The molecule has 0 bridgehead atoms. The Labute approximate surface area is 71.9 Å². The number of halogens is 4. The Kier molecular flexibility index (Phi) is 2.75. The average Bonchev–Trinajstić information content (AvgIpc) is 2.04. The van der Waals surface area contributed by atoms with Gasteiger partial charge in [-0.3, -0.25) is 0 Å². The molecule has 0 aliphatic heterocycles. The largest absolute Gasteiger partial charge is 0.468 e.